The van der Waals surface area contributed by atoms with Gasteiger partial charge in [0.2, 0.25) is 0 Å². The third-order valence-electron chi connectivity index (χ3n) is 5.47. The van der Waals surface area contributed by atoms with Crippen molar-refractivity contribution in [3.8, 4) is 33.1 Å². The number of thiophene rings is 1. The Labute approximate surface area is 212 Å². The van der Waals surface area contributed by atoms with Crippen molar-refractivity contribution in [2.45, 2.75) is 31.3 Å². The molecule has 0 aliphatic rings. The lowest BCUT2D eigenvalue weighted by atomic mass is 10.0. The van der Waals surface area contributed by atoms with E-state index in [4.69, 9.17) is 4.98 Å². The molecule has 0 unspecified atom stereocenters. The van der Waals surface area contributed by atoms with Crippen LogP contribution in [-0.4, -0.2) is 19.7 Å². The number of thiazole rings is 1. The first-order valence-corrected chi connectivity index (χ1v) is 13.7. The van der Waals surface area contributed by atoms with Crippen molar-refractivity contribution in [1.82, 2.24) is 19.7 Å². The summed E-state index contributed by atoms with van der Waals surface area (Å²) in [4.78, 5) is 6.13. The smallest absolute Gasteiger partial charge is 0.192 e. The molecule has 5 aromatic rings. The Morgan fingerprint density at radius 3 is 2.59 bits per heavy atom. The molecule has 0 aliphatic carbocycles. The largest absolute Gasteiger partial charge is 0.298 e. The van der Waals surface area contributed by atoms with Crippen molar-refractivity contribution in [3.05, 3.63) is 94.1 Å². The predicted octanol–water partition coefficient (Wildman–Crippen LogP) is 7.89. The zero-order chi connectivity index (χ0) is 23.5. The topological polar surface area (TPSA) is 43.6 Å². The molecule has 3 aromatic heterocycles. The van der Waals surface area contributed by atoms with E-state index < -0.39 is 0 Å². The van der Waals surface area contributed by atoms with Gasteiger partial charge in [-0.25, -0.2) is 4.98 Å². The van der Waals surface area contributed by atoms with Gasteiger partial charge >= 0.3 is 0 Å². The summed E-state index contributed by atoms with van der Waals surface area (Å²) in [6.45, 7) is 8.89. The van der Waals surface area contributed by atoms with E-state index in [1.807, 2.05) is 12.1 Å². The molecular formula is C27H24N4S3. The van der Waals surface area contributed by atoms with Gasteiger partial charge in [-0.2, -0.15) is 0 Å². The van der Waals surface area contributed by atoms with Crippen molar-refractivity contribution in [1.29, 1.82) is 0 Å². The summed E-state index contributed by atoms with van der Waals surface area (Å²) in [5.74, 6) is 1.62. The molecule has 0 atom stereocenters. The minimum atomic E-state index is 0.652. The van der Waals surface area contributed by atoms with Crippen molar-refractivity contribution >= 4 is 34.4 Å². The van der Waals surface area contributed by atoms with Crippen LogP contribution < -0.4 is 0 Å². The molecule has 4 nitrogen and oxygen atoms in total. The number of nitrogens with zero attached hydrogens (tertiary/aromatic N) is 4. The van der Waals surface area contributed by atoms with Crippen LogP contribution in [0, 0.1) is 13.8 Å². The van der Waals surface area contributed by atoms with Gasteiger partial charge in [0.05, 0.1) is 5.69 Å². The molecule has 5 rings (SSSR count). The highest BCUT2D eigenvalue weighted by Gasteiger charge is 2.20. The molecule has 0 spiro atoms. The van der Waals surface area contributed by atoms with E-state index in [0.29, 0.717) is 6.54 Å². The van der Waals surface area contributed by atoms with Crippen LogP contribution in [0.3, 0.4) is 0 Å². The van der Waals surface area contributed by atoms with E-state index in [1.165, 1.54) is 27.1 Å². The van der Waals surface area contributed by atoms with Crippen LogP contribution in [0.2, 0.25) is 0 Å². The summed E-state index contributed by atoms with van der Waals surface area (Å²) >= 11 is 5.09. The SMILES string of the molecule is C=CCn1c(SCc2csc(-c3cccc(C)c3)n2)nnc1-c1csc(C)c1-c1ccccc1. The van der Waals surface area contributed by atoms with Crippen molar-refractivity contribution in [2.75, 3.05) is 0 Å². The molecule has 0 N–H and O–H groups in total. The summed E-state index contributed by atoms with van der Waals surface area (Å²) in [5.41, 5.74) is 7.00. The monoisotopic (exact) mass is 500 g/mol. The summed E-state index contributed by atoms with van der Waals surface area (Å²) in [6, 6.07) is 19.0. The van der Waals surface area contributed by atoms with Crippen LogP contribution in [0.15, 0.2) is 83.2 Å². The first kappa shape index (κ1) is 22.8. The quantitative estimate of drug-likeness (QED) is 0.160. The Morgan fingerprint density at radius 1 is 0.971 bits per heavy atom. The molecule has 0 radical (unpaired) electrons. The second-order valence-electron chi connectivity index (χ2n) is 7.95. The Balaban J connectivity index is 1.42. The lowest BCUT2D eigenvalue weighted by molar-refractivity contribution is 0.731. The van der Waals surface area contributed by atoms with Crippen LogP contribution in [0.25, 0.3) is 33.1 Å². The highest BCUT2D eigenvalue weighted by molar-refractivity contribution is 7.98. The molecule has 3 heterocycles. The van der Waals surface area contributed by atoms with Gasteiger partial charge in [0, 0.05) is 44.6 Å². The maximum absolute atomic E-state index is 4.86. The zero-order valence-electron chi connectivity index (χ0n) is 19.1. The number of hydrogen-bond donors (Lipinski definition) is 0. The van der Waals surface area contributed by atoms with Crippen LogP contribution >= 0.6 is 34.4 Å². The number of thioether (sulfide) groups is 1. The summed E-state index contributed by atoms with van der Waals surface area (Å²) < 4.78 is 2.15. The predicted molar refractivity (Wildman–Crippen MR) is 146 cm³/mol. The lowest BCUT2D eigenvalue weighted by Crippen LogP contribution is -2.01. The third kappa shape index (κ3) is 4.64. The Hall–Kier alpha value is -3.00. The van der Waals surface area contributed by atoms with Crippen LogP contribution in [0.5, 0.6) is 0 Å². The molecule has 7 heteroatoms. The first-order valence-electron chi connectivity index (χ1n) is 11.0. The molecule has 2 aromatic carbocycles. The average Bonchev–Trinajstić information content (AvgIpc) is 3.57. The van der Waals surface area contributed by atoms with E-state index >= 15 is 0 Å². The maximum atomic E-state index is 4.86. The molecule has 0 saturated heterocycles. The van der Waals surface area contributed by atoms with Crippen molar-refractivity contribution in [3.63, 3.8) is 0 Å². The fourth-order valence-corrected chi connectivity index (χ4v) is 6.52. The van der Waals surface area contributed by atoms with Gasteiger partial charge in [-0.15, -0.1) is 39.4 Å². The van der Waals surface area contributed by atoms with Gasteiger partial charge in [0.25, 0.3) is 0 Å². The third-order valence-corrected chi connectivity index (χ3v) is 8.32. The molecule has 34 heavy (non-hydrogen) atoms. The van der Waals surface area contributed by atoms with Crippen LogP contribution in [-0.2, 0) is 12.3 Å². The van der Waals surface area contributed by atoms with Gasteiger partial charge in [-0.3, -0.25) is 4.57 Å². The van der Waals surface area contributed by atoms with Crippen molar-refractivity contribution in [2.24, 2.45) is 0 Å². The Bertz CT molecular complexity index is 1430. The van der Waals surface area contributed by atoms with Crippen molar-refractivity contribution < 1.29 is 0 Å². The second-order valence-corrected chi connectivity index (χ2v) is 10.8. The van der Waals surface area contributed by atoms with E-state index in [2.05, 4.69) is 94.5 Å². The standard InChI is InChI=1S/C27H24N4S3/c1-4-13-31-25(23-17-32-19(3)24(23)20-10-6-5-7-11-20)29-30-27(31)34-16-22-15-33-26(28-22)21-12-8-9-18(2)14-21/h4-12,14-15,17H,1,13,16H2,2-3H3. The van der Waals surface area contributed by atoms with Gasteiger partial charge in [-0.05, 0) is 25.5 Å². The van der Waals surface area contributed by atoms with Gasteiger partial charge in [0.1, 0.15) is 5.01 Å². The molecular weight excluding hydrogens is 477 g/mol. The molecule has 0 amide bonds. The minimum Gasteiger partial charge on any atom is -0.298 e. The Morgan fingerprint density at radius 2 is 1.79 bits per heavy atom. The first-order chi connectivity index (χ1) is 16.6. The highest BCUT2D eigenvalue weighted by atomic mass is 32.2. The molecule has 0 aliphatic heterocycles. The van der Waals surface area contributed by atoms with Gasteiger partial charge in [-0.1, -0.05) is 71.9 Å². The normalized spacial score (nSPS) is 11.1. The van der Waals surface area contributed by atoms with Crippen LogP contribution in [0.4, 0.5) is 0 Å². The molecule has 0 bridgehead atoms. The molecule has 170 valence electrons. The minimum absolute atomic E-state index is 0.652. The fraction of sp³-hybridized carbons (Fsp3) is 0.148. The fourth-order valence-electron chi connectivity index (χ4n) is 3.89. The summed E-state index contributed by atoms with van der Waals surface area (Å²) in [7, 11) is 0. The van der Waals surface area contributed by atoms with E-state index in [-0.39, 0.29) is 0 Å². The molecule has 0 saturated carbocycles. The number of aryl methyl sites for hydroxylation is 2. The zero-order valence-corrected chi connectivity index (χ0v) is 21.5. The lowest BCUT2D eigenvalue weighted by Gasteiger charge is -2.09. The Kier molecular flexibility index (Phi) is 6.76. The van der Waals surface area contributed by atoms with E-state index in [1.54, 1.807) is 34.4 Å². The number of allylic oxidation sites excluding steroid dienone is 1. The molecule has 0 fully saturated rings. The van der Waals surface area contributed by atoms with Gasteiger partial charge in [0.15, 0.2) is 11.0 Å². The highest BCUT2D eigenvalue weighted by Crippen LogP contribution is 2.39. The number of benzene rings is 2. The maximum Gasteiger partial charge on any atom is 0.192 e. The van der Waals surface area contributed by atoms with Crippen LogP contribution in [0.1, 0.15) is 16.1 Å². The number of rotatable bonds is 8. The van der Waals surface area contributed by atoms with E-state index in [9.17, 15) is 0 Å². The second kappa shape index (κ2) is 10.1. The summed E-state index contributed by atoms with van der Waals surface area (Å²) in [5, 5.41) is 15.4. The van der Waals surface area contributed by atoms with Gasteiger partial charge < -0.3 is 0 Å². The average molecular weight is 501 g/mol. The number of hydrogen-bond acceptors (Lipinski definition) is 6. The van der Waals surface area contributed by atoms with E-state index in [0.717, 1.165) is 33.0 Å². The number of aromatic nitrogens is 4. The summed E-state index contributed by atoms with van der Waals surface area (Å²) in [6.07, 6.45) is 1.90.